The van der Waals surface area contributed by atoms with E-state index in [2.05, 4.69) is 4.74 Å². The maximum absolute atomic E-state index is 14.0. The van der Waals surface area contributed by atoms with Crippen molar-refractivity contribution in [3.05, 3.63) is 47.7 Å². The molecule has 0 saturated heterocycles. The van der Waals surface area contributed by atoms with E-state index in [9.17, 15) is 18.4 Å². The smallest absolute Gasteiger partial charge is 0.416 e. The Balaban J connectivity index is 2.59. The number of hydrogen-bond donors (Lipinski definition) is 1. The van der Waals surface area contributed by atoms with E-state index in [1.54, 1.807) is 0 Å². The van der Waals surface area contributed by atoms with Gasteiger partial charge in [0.15, 0.2) is 0 Å². The molecule has 1 aromatic carbocycles. The van der Waals surface area contributed by atoms with Crippen LogP contribution in [0.3, 0.4) is 0 Å². The summed E-state index contributed by atoms with van der Waals surface area (Å²) in [7, 11) is 1.04. The van der Waals surface area contributed by atoms with Gasteiger partial charge < -0.3 is 9.84 Å². The molecule has 0 amide bonds. The third-order valence-corrected chi connectivity index (χ3v) is 2.69. The number of rotatable bonds is 2. The zero-order valence-electron chi connectivity index (χ0n) is 10.3. The summed E-state index contributed by atoms with van der Waals surface area (Å²) < 4.78 is 32.8. The lowest BCUT2D eigenvalue weighted by Gasteiger charge is -2.08. The van der Waals surface area contributed by atoms with E-state index in [1.807, 2.05) is 0 Å². The van der Waals surface area contributed by atoms with Crippen molar-refractivity contribution in [2.75, 3.05) is 7.11 Å². The van der Waals surface area contributed by atoms with Crippen LogP contribution in [0.2, 0.25) is 0 Å². The molecule has 0 aliphatic rings. The van der Waals surface area contributed by atoms with Crippen LogP contribution in [0.25, 0.3) is 11.3 Å². The number of ether oxygens (including phenoxy) is 1. The molecule has 0 saturated carbocycles. The van der Waals surface area contributed by atoms with Crippen LogP contribution in [0.15, 0.2) is 30.5 Å². The van der Waals surface area contributed by atoms with Gasteiger partial charge in [-0.25, -0.2) is 18.4 Å². The van der Waals surface area contributed by atoms with Gasteiger partial charge in [-0.3, -0.25) is 4.57 Å². The minimum absolute atomic E-state index is 0.0367. The van der Waals surface area contributed by atoms with Crippen LogP contribution in [-0.2, 0) is 4.74 Å². The van der Waals surface area contributed by atoms with Crippen molar-refractivity contribution in [2.24, 2.45) is 0 Å². The highest BCUT2D eigenvalue weighted by Gasteiger charge is 2.20. The molecule has 0 bridgehead atoms. The van der Waals surface area contributed by atoms with Crippen molar-refractivity contribution in [1.82, 2.24) is 4.57 Å². The first-order chi connectivity index (χ1) is 9.45. The summed E-state index contributed by atoms with van der Waals surface area (Å²) in [6, 6.07) is 4.14. The molecule has 0 unspecified atom stereocenters. The van der Waals surface area contributed by atoms with Crippen LogP contribution in [-0.4, -0.2) is 28.8 Å². The molecule has 0 aliphatic carbocycles. The number of aromatic nitrogens is 1. The van der Waals surface area contributed by atoms with E-state index >= 15 is 0 Å². The molecule has 1 aromatic heterocycles. The third-order valence-electron chi connectivity index (χ3n) is 2.69. The minimum Gasteiger partial charge on any atom is -0.465 e. The standard InChI is InChI=1S/C13H9F2NO4/c1-20-12(17)8-6-9(14)7(5-10(8)15)11-3-2-4-16(11)13(18)19/h2-6H,1H3,(H,18,19). The molecular formula is C13H9F2NO4. The first-order valence-electron chi connectivity index (χ1n) is 5.44. The summed E-state index contributed by atoms with van der Waals surface area (Å²) in [4.78, 5) is 22.2. The lowest BCUT2D eigenvalue weighted by molar-refractivity contribution is 0.0595. The zero-order valence-corrected chi connectivity index (χ0v) is 10.3. The van der Waals surface area contributed by atoms with E-state index in [4.69, 9.17) is 5.11 Å². The Labute approximate surface area is 112 Å². The van der Waals surface area contributed by atoms with Gasteiger partial charge in [0.1, 0.15) is 11.6 Å². The van der Waals surface area contributed by atoms with Gasteiger partial charge >= 0.3 is 12.1 Å². The summed E-state index contributed by atoms with van der Waals surface area (Å²) >= 11 is 0. The van der Waals surface area contributed by atoms with Gasteiger partial charge in [-0.15, -0.1) is 0 Å². The van der Waals surface area contributed by atoms with Crippen molar-refractivity contribution in [2.45, 2.75) is 0 Å². The Kier molecular flexibility index (Phi) is 3.51. The monoisotopic (exact) mass is 281 g/mol. The second kappa shape index (κ2) is 5.12. The Morgan fingerprint density at radius 2 is 1.95 bits per heavy atom. The van der Waals surface area contributed by atoms with Crippen LogP contribution in [0.4, 0.5) is 13.6 Å². The number of methoxy groups -OCH3 is 1. The number of halogens is 2. The zero-order chi connectivity index (χ0) is 14.9. The molecule has 0 atom stereocenters. The van der Waals surface area contributed by atoms with Crippen molar-refractivity contribution < 1.29 is 28.2 Å². The predicted molar refractivity (Wildman–Crippen MR) is 64.5 cm³/mol. The number of carboxylic acid groups (broad SMARTS) is 1. The van der Waals surface area contributed by atoms with Crippen molar-refractivity contribution in [1.29, 1.82) is 0 Å². The van der Waals surface area contributed by atoms with E-state index in [1.165, 1.54) is 18.3 Å². The molecule has 0 spiro atoms. The fourth-order valence-corrected chi connectivity index (χ4v) is 1.78. The number of benzene rings is 1. The Morgan fingerprint density at radius 1 is 1.25 bits per heavy atom. The van der Waals surface area contributed by atoms with Crippen LogP contribution < -0.4 is 0 Å². The van der Waals surface area contributed by atoms with E-state index in [0.29, 0.717) is 6.07 Å². The highest BCUT2D eigenvalue weighted by molar-refractivity contribution is 5.90. The largest absolute Gasteiger partial charge is 0.465 e. The number of hydrogen-bond acceptors (Lipinski definition) is 3. The van der Waals surface area contributed by atoms with E-state index in [-0.39, 0.29) is 11.3 Å². The number of nitrogens with zero attached hydrogens (tertiary/aromatic N) is 1. The topological polar surface area (TPSA) is 68.5 Å². The fraction of sp³-hybridized carbons (Fsp3) is 0.0769. The first kappa shape index (κ1) is 13.7. The highest BCUT2D eigenvalue weighted by Crippen LogP contribution is 2.26. The van der Waals surface area contributed by atoms with Gasteiger partial charge in [0.05, 0.1) is 18.4 Å². The molecule has 0 aliphatic heterocycles. The molecule has 2 aromatic rings. The lowest BCUT2D eigenvalue weighted by Crippen LogP contribution is -2.10. The predicted octanol–water partition coefficient (Wildman–Crippen LogP) is 2.75. The van der Waals surface area contributed by atoms with Gasteiger partial charge in [-0.2, -0.15) is 0 Å². The maximum atomic E-state index is 14.0. The molecule has 5 nitrogen and oxygen atoms in total. The SMILES string of the molecule is COC(=O)c1cc(F)c(-c2cccn2C(=O)O)cc1F. The number of esters is 1. The summed E-state index contributed by atoms with van der Waals surface area (Å²) in [5, 5.41) is 8.93. The molecule has 0 fully saturated rings. The minimum atomic E-state index is -1.33. The summed E-state index contributed by atoms with van der Waals surface area (Å²) in [5.41, 5.74) is -0.852. The number of carbonyl (C=O) groups excluding carboxylic acids is 1. The van der Waals surface area contributed by atoms with Crippen LogP contribution in [0.5, 0.6) is 0 Å². The van der Waals surface area contributed by atoms with Crippen LogP contribution >= 0.6 is 0 Å². The Morgan fingerprint density at radius 3 is 2.55 bits per heavy atom. The molecule has 1 N–H and O–H groups in total. The summed E-state index contributed by atoms with van der Waals surface area (Å²) in [5.74, 6) is -2.93. The summed E-state index contributed by atoms with van der Waals surface area (Å²) in [6.07, 6.45) is -0.134. The quantitative estimate of drug-likeness (QED) is 0.859. The van der Waals surface area contributed by atoms with Gasteiger partial charge in [0, 0.05) is 11.8 Å². The second-order valence-corrected chi connectivity index (χ2v) is 3.85. The van der Waals surface area contributed by atoms with Gasteiger partial charge in [-0.1, -0.05) is 0 Å². The van der Waals surface area contributed by atoms with E-state index < -0.39 is 29.3 Å². The lowest BCUT2D eigenvalue weighted by atomic mass is 10.1. The number of carbonyl (C=O) groups is 2. The molecule has 1 heterocycles. The molecule has 7 heteroatoms. The maximum Gasteiger partial charge on any atom is 0.416 e. The fourth-order valence-electron chi connectivity index (χ4n) is 1.78. The average Bonchev–Trinajstić information content (AvgIpc) is 2.89. The van der Waals surface area contributed by atoms with Gasteiger partial charge in [-0.05, 0) is 24.3 Å². The molecular weight excluding hydrogens is 272 g/mol. The van der Waals surface area contributed by atoms with E-state index in [0.717, 1.165) is 17.7 Å². The molecule has 104 valence electrons. The normalized spacial score (nSPS) is 10.3. The molecule has 2 rings (SSSR count). The highest BCUT2D eigenvalue weighted by atomic mass is 19.1. The van der Waals surface area contributed by atoms with Gasteiger partial charge in [0.2, 0.25) is 0 Å². The Bertz CT molecular complexity index is 694. The molecule has 20 heavy (non-hydrogen) atoms. The van der Waals surface area contributed by atoms with Crippen LogP contribution in [0.1, 0.15) is 10.4 Å². The average molecular weight is 281 g/mol. The van der Waals surface area contributed by atoms with Crippen molar-refractivity contribution in [3.8, 4) is 11.3 Å². The third kappa shape index (κ3) is 2.25. The molecule has 0 radical (unpaired) electrons. The van der Waals surface area contributed by atoms with Gasteiger partial charge in [0.25, 0.3) is 0 Å². The van der Waals surface area contributed by atoms with Crippen LogP contribution in [0, 0.1) is 11.6 Å². The summed E-state index contributed by atoms with van der Waals surface area (Å²) in [6.45, 7) is 0. The Hall–Kier alpha value is -2.70. The van der Waals surface area contributed by atoms with Crippen molar-refractivity contribution in [3.63, 3.8) is 0 Å². The second-order valence-electron chi connectivity index (χ2n) is 3.85. The van der Waals surface area contributed by atoms with Crippen molar-refractivity contribution >= 4 is 12.1 Å². The first-order valence-corrected chi connectivity index (χ1v) is 5.44.